The highest BCUT2D eigenvalue weighted by Crippen LogP contribution is 2.37. The first-order valence-corrected chi connectivity index (χ1v) is 9.73. The zero-order valence-electron chi connectivity index (χ0n) is 15.4. The molecule has 0 amide bonds. The number of carbonyl (C=O) groups excluding carboxylic acids is 1. The van der Waals surface area contributed by atoms with Crippen molar-refractivity contribution in [2.75, 3.05) is 6.61 Å². The topological polar surface area (TPSA) is 44.1 Å². The summed E-state index contributed by atoms with van der Waals surface area (Å²) in [6.45, 7) is 1.33. The summed E-state index contributed by atoms with van der Waals surface area (Å²) in [5.74, 6) is 0.632. The van der Waals surface area contributed by atoms with Gasteiger partial charge in [-0.3, -0.25) is 0 Å². The number of aldehydes is 1. The molecule has 0 N–H and O–H groups in total. The summed E-state index contributed by atoms with van der Waals surface area (Å²) in [5, 5.41) is 0.712. The Morgan fingerprint density at radius 3 is 2.79 bits per heavy atom. The van der Waals surface area contributed by atoms with Crippen LogP contribution >= 0.6 is 11.6 Å². The Hall–Kier alpha value is -2.85. The number of hydrogen-bond acceptors (Lipinski definition) is 3. The van der Waals surface area contributed by atoms with E-state index in [1.807, 2.05) is 47.2 Å². The van der Waals surface area contributed by atoms with Gasteiger partial charge in [0.25, 0.3) is 0 Å². The van der Waals surface area contributed by atoms with E-state index in [0.717, 1.165) is 48.1 Å². The number of halogens is 1. The number of hydrogen-bond donors (Lipinski definition) is 0. The average molecular weight is 393 g/mol. The van der Waals surface area contributed by atoms with Crippen LogP contribution in [0.15, 0.2) is 66.8 Å². The van der Waals surface area contributed by atoms with E-state index in [4.69, 9.17) is 16.3 Å². The molecule has 1 heterocycles. The molecule has 0 fully saturated rings. The second-order valence-corrected chi connectivity index (χ2v) is 7.33. The number of benzene rings is 2. The van der Waals surface area contributed by atoms with E-state index in [-0.39, 0.29) is 5.92 Å². The first-order chi connectivity index (χ1) is 13.7. The number of rotatable bonds is 6. The quantitative estimate of drug-likeness (QED) is 0.559. The Labute approximate surface area is 169 Å². The molecule has 0 radical (unpaired) electrons. The highest BCUT2D eigenvalue weighted by molar-refractivity contribution is 6.30. The number of carbonyl (C=O) groups is 1. The zero-order chi connectivity index (χ0) is 19.3. The van der Waals surface area contributed by atoms with Gasteiger partial charge in [-0.05, 0) is 53.8 Å². The third-order valence-electron chi connectivity index (χ3n) is 5.07. The Morgan fingerprint density at radius 2 is 2.04 bits per heavy atom. The van der Waals surface area contributed by atoms with Crippen LogP contribution in [0.5, 0.6) is 5.75 Å². The Balaban J connectivity index is 1.49. The minimum atomic E-state index is -0.209. The fraction of sp³-hybridized carbons (Fsp3) is 0.217. The molecule has 0 saturated heterocycles. The molecule has 0 bridgehead atoms. The number of aromatic nitrogens is 2. The molecule has 1 atom stereocenters. The van der Waals surface area contributed by atoms with Gasteiger partial charge >= 0.3 is 0 Å². The van der Waals surface area contributed by atoms with Gasteiger partial charge in [0.1, 0.15) is 18.6 Å². The van der Waals surface area contributed by atoms with E-state index in [0.29, 0.717) is 11.6 Å². The number of allylic oxidation sites excluding steroid dienone is 1. The van der Waals surface area contributed by atoms with Gasteiger partial charge < -0.3 is 14.1 Å². The van der Waals surface area contributed by atoms with Crippen LogP contribution in [-0.2, 0) is 17.8 Å². The maximum absolute atomic E-state index is 11.9. The lowest BCUT2D eigenvalue weighted by Crippen LogP contribution is -2.14. The molecule has 3 aromatic rings. The molecular formula is C23H21ClN2O2. The van der Waals surface area contributed by atoms with Gasteiger partial charge in [0.05, 0.1) is 18.8 Å². The van der Waals surface area contributed by atoms with E-state index in [2.05, 4.69) is 17.1 Å². The first-order valence-electron chi connectivity index (χ1n) is 9.35. The molecule has 1 unspecified atom stereocenters. The van der Waals surface area contributed by atoms with Crippen molar-refractivity contribution in [3.63, 3.8) is 0 Å². The summed E-state index contributed by atoms with van der Waals surface area (Å²) in [6.07, 6.45) is 10.4. The first kappa shape index (κ1) is 18.5. The van der Waals surface area contributed by atoms with Gasteiger partial charge in [0.2, 0.25) is 0 Å². The lowest BCUT2D eigenvalue weighted by Gasteiger charge is -2.25. The van der Waals surface area contributed by atoms with Crippen LogP contribution in [0.2, 0.25) is 5.02 Å². The molecule has 2 aromatic carbocycles. The summed E-state index contributed by atoms with van der Waals surface area (Å²) < 4.78 is 7.86. The number of aryl methyl sites for hydroxylation is 1. The SMILES string of the molecule is O=CC1/C(=C/c2ccc(Cl)cc2)CCc2cc(OCCn3ccnc3)ccc21. The molecular weight excluding hydrogens is 372 g/mol. The predicted molar refractivity (Wildman–Crippen MR) is 111 cm³/mol. The summed E-state index contributed by atoms with van der Waals surface area (Å²) in [5.41, 5.74) is 4.46. The molecule has 0 spiro atoms. The Kier molecular flexibility index (Phi) is 5.58. The third kappa shape index (κ3) is 4.18. The Morgan fingerprint density at radius 1 is 1.18 bits per heavy atom. The lowest BCUT2D eigenvalue weighted by molar-refractivity contribution is -0.108. The van der Waals surface area contributed by atoms with Crippen molar-refractivity contribution in [2.45, 2.75) is 25.3 Å². The fourth-order valence-electron chi connectivity index (χ4n) is 3.61. The summed E-state index contributed by atoms with van der Waals surface area (Å²) in [7, 11) is 0. The van der Waals surface area contributed by atoms with E-state index >= 15 is 0 Å². The van der Waals surface area contributed by atoms with Gasteiger partial charge in [-0.25, -0.2) is 4.98 Å². The summed E-state index contributed by atoms with van der Waals surface area (Å²) in [6, 6.07) is 13.7. The second-order valence-electron chi connectivity index (χ2n) is 6.89. The largest absolute Gasteiger partial charge is 0.492 e. The van der Waals surface area contributed by atoms with Crippen LogP contribution in [-0.4, -0.2) is 22.4 Å². The zero-order valence-corrected chi connectivity index (χ0v) is 16.2. The smallest absolute Gasteiger partial charge is 0.131 e. The van der Waals surface area contributed by atoms with Gasteiger partial charge in [-0.1, -0.05) is 41.4 Å². The predicted octanol–water partition coefficient (Wildman–Crippen LogP) is 4.93. The van der Waals surface area contributed by atoms with Crippen molar-refractivity contribution >= 4 is 24.0 Å². The van der Waals surface area contributed by atoms with Crippen molar-refractivity contribution in [3.8, 4) is 5.75 Å². The summed E-state index contributed by atoms with van der Waals surface area (Å²) in [4.78, 5) is 15.9. The number of fused-ring (bicyclic) bond motifs is 1. The van der Waals surface area contributed by atoms with E-state index in [1.165, 1.54) is 5.56 Å². The maximum Gasteiger partial charge on any atom is 0.131 e. The third-order valence-corrected chi connectivity index (χ3v) is 5.32. The van der Waals surface area contributed by atoms with Gasteiger partial charge in [-0.15, -0.1) is 0 Å². The number of imidazole rings is 1. The molecule has 1 aliphatic rings. The molecule has 5 heteroatoms. The maximum atomic E-state index is 11.9. The molecule has 1 aliphatic carbocycles. The van der Waals surface area contributed by atoms with E-state index < -0.39 is 0 Å². The average Bonchev–Trinajstić information content (AvgIpc) is 3.23. The normalized spacial score (nSPS) is 17.3. The van der Waals surface area contributed by atoms with Crippen LogP contribution < -0.4 is 4.74 Å². The Bertz CT molecular complexity index is 978. The van der Waals surface area contributed by atoms with E-state index in [1.54, 1.807) is 12.5 Å². The number of ether oxygens (including phenoxy) is 1. The standard InChI is InChI=1S/C23H21ClN2O2/c24-20-5-1-17(2-6-20)13-18-3-4-19-14-21(7-8-22(19)23(18)15-27)28-12-11-26-10-9-25-16-26/h1-2,5-10,13-16,23H,3-4,11-12H2/b18-13+. The molecule has 1 aromatic heterocycles. The van der Waals surface area contributed by atoms with Crippen molar-refractivity contribution in [1.29, 1.82) is 0 Å². The van der Waals surface area contributed by atoms with Gasteiger partial charge in [0, 0.05) is 17.4 Å². The van der Waals surface area contributed by atoms with Crippen LogP contribution in [0.25, 0.3) is 6.08 Å². The minimum Gasteiger partial charge on any atom is -0.492 e. The van der Waals surface area contributed by atoms with Crippen LogP contribution in [0.4, 0.5) is 0 Å². The highest BCUT2D eigenvalue weighted by atomic mass is 35.5. The monoisotopic (exact) mass is 392 g/mol. The van der Waals surface area contributed by atoms with Crippen LogP contribution in [0, 0.1) is 0 Å². The lowest BCUT2D eigenvalue weighted by atomic mass is 9.79. The summed E-state index contributed by atoms with van der Waals surface area (Å²) >= 11 is 5.96. The molecule has 4 nitrogen and oxygen atoms in total. The minimum absolute atomic E-state index is 0.209. The molecule has 4 rings (SSSR count). The van der Waals surface area contributed by atoms with Crippen LogP contribution in [0.3, 0.4) is 0 Å². The van der Waals surface area contributed by atoms with Gasteiger partial charge in [-0.2, -0.15) is 0 Å². The van der Waals surface area contributed by atoms with Gasteiger partial charge in [0.15, 0.2) is 0 Å². The highest BCUT2D eigenvalue weighted by Gasteiger charge is 2.24. The second kappa shape index (κ2) is 8.44. The fourth-order valence-corrected chi connectivity index (χ4v) is 3.74. The molecule has 28 heavy (non-hydrogen) atoms. The van der Waals surface area contributed by atoms with Crippen molar-refractivity contribution < 1.29 is 9.53 Å². The van der Waals surface area contributed by atoms with Crippen LogP contribution in [0.1, 0.15) is 29.0 Å². The molecule has 0 aliphatic heterocycles. The van der Waals surface area contributed by atoms with Crippen molar-refractivity contribution in [1.82, 2.24) is 9.55 Å². The molecule has 0 saturated carbocycles. The van der Waals surface area contributed by atoms with Crippen molar-refractivity contribution in [2.24, 2.45) is 0 Å². The number of nitrogens with zero attached hydrogens (tertiary/aromatic N) is 2. The van der Waals surface area contributed by atoms with E-state index in [9.17, 15) is 4.79 Å². The van der Waals surface area contributed by atoms with Crippen molar-refractivity contribution in [3.05, 3.63) is 88.5 Å². The molecule has 142 valence electrons.